The van der Waals surface area contributed by atoms with Crippen LogP contribution in [0.1, 0.15) is 19.4 Å². The van der Waals surface area contributed by atoms with Crippen LogP contribution >= 0.6 is 23.2 Å². The molecule has 1 aromatic heterocycles. The Bertz CT molecular complexity index is 535. The van der Waals surface area contributed by atoms with Crippen molar-refractivity contribution in [2.45, 2.75) is 26.4 Å². The van der Waals surface area contributed by atoms with Gasteiger partial charge in [-0.1, -0.05) is 37.0 Å². The molecule has 0 saturated heterocycles. The third-order valence-corrected chi connectivity index (χ3v) is 3.17. The van der Waals surface area contributed by atoms with Crippen LogP contribution < -0.4 is 5.32 Å². The molecule has 1 aromatic carbocycles. The molecule has 1 heterocycles. The van der Waals surface area contributed by atoms with E-state index in [4.69, 9.17) is 23.2 Å². The number of rotatable bonds is 4. The van der Waals surface area contributed by atoms with Crippen LogP contribution in [0.15, 0.2) is 24.4 Å². The zero-order valence-electron chi connectivity index (χ0n) is 10.3. The van der Waals surface area contributed by atoms with E-state index >= 15 is 0 Å². The number of H-pyrrole nitrogens is 1. The molecule has 96 valence electrons. The minimum atomic E-state index is 0.424. The van der Waals surface area contributed by atoms with Crippen LogP contribution in [0.4, 0.5) is 0 Å². The topological polar surface area (TPSA) is 40.7 Å². The molecular formula is C13H15Cl2N3. The van der Waals surface area contributed by atoms with E-state index in [1.807, 2.05) is 18.3 Å². The molecule has 0 aliphatic carbocycles. The first-order valence-corrected chi connectivity index (χ1v) is 6.54. The maximum absolute atomic E-state index is 6.20. The van der Waals surface area contributed by atoms with Crippen molar-refractivity contribution in [2.24, 2.45) is 0 Å². The van der Waals surface area contributed by atoms with E-state index in [1.54, 1.807) is 6.07 Å². The molecule has 2 N–H and O–H groups in total. The zero-order valence-corrected chi connectivity index (χ0v) is 11.8. The number of aromatic amines is 1. The molecular weight excluding hydrogens is 269 g/mol. The van der Waals surface area contributed by atoms with Gasteiger partial charge >= 0.3 is 0 Å². The van der Waals surface area contributed by atoms with E-state index in [1.165, 1.54) is 0 Å². The van der Waals surface area contributed by atoms with E-state index in [2.05, 4.69) is 29.4 Å². The first-order valence-electron chi connectivity index (χ1n) is 5.79. The van der Waals surface area contributed by atoms with E-state index in [0.29, 0.717) is 16.1 Å². The van der Waals surface area contributed by atoms with Crippen molar-refractivity contribution >= 4 is 23.2 Å². The molecule has 0 saturated carbocycles. The number of benzene rings is 1. The lowest BCUT2D eigenvalue weighted by Gasteiger charge is -2.09. The van der Waals surface area contributed by atoms with E-state index in [9.17, 15) is 0 Å². The van der Waals surface area contributed by atoms with E-state index in [-0.39, 0.29) is 0 Å². The predicted octanol–water partition coefficient (Wildman–Crippen LogP) is 3.88. The highest BCUT2D eigenvalue weighted by atomic mass is 35.5. The van der Waals surface area contributed by atoms with Gasteiger partial charge in [-0.05, 0) is 18.2 Å². The molecule has 3 nitrogen and oxygen atoms in total. The van der Waals surface area contributed by atoms with Gasteiger partial charge in [0.05, 0.1) is 16.9 Å². The maximum Gasteiger partial charge on any atom is 0.0710 e. The van der Waals surface area contributed by atoms with Crippen molar-refractivity contribution in [3.8, 4) is 11.3 Å². The zero-order chi connectivity index (χ0) is 13.1. The number of hydrogen-bond acceptors (Lipinski definition) is 2. The van der Waals surface area contributed by atoms with Crippen LogP contribution in [0.25, 0.3) is 11.3 Å². The van der Waals surface area contributed by atoms with Gasteiger partial charge in [-0.15, -0.1) is 0 Å². The molecule has 0 fully saturated rings. The summed E-state index contributed by atoms with van der Waals surface area (Å²) in [6.07, 6.45) is 1.82. The lowest BCUT2D eigenvalue weighted by Crippen LogP contribution is -2.21. The molecule has 0 radical (unpaired) electrons. The van der Waals surface area contributed by atoms with Crippen molar-refractivity contribution in [1.29, 1.82) is 0 Å². The van der Waals surface area contributed by atoms with Gasteiger partial charge in [-0.25, -0.2) is 0 Å². The maximum atomic E-state index is 6.20. The van der Waals surface area contributed by atoms with Gasteiger partial charge in [0.1, 0.15) is 0 Å². The minimum Gasteiger partial charge on any atom is -0.310 e. The van der Waals surface area contributed by atoms with Crippen molar-refractivity contribution in [1.82, 2.24) is 15.5 Å². The lowest BCUT2D eigenvalue weighted by atomic mass is 10.1. The Morgan fingerprint density at radius 1 is 1.33 bits per heavy atom. The number of aromatic nitrogens is 2. The summed E-state index contributed by atoms with van der Waals surface area (Å²) >= 11 is 12.1. The molecule has 0 aliphatic rings. The Morgan fingerprint density at radius 2 is 2.11 bits per heavy atom. The van der Waals surface area contributed by atoms with Crippen molar-refractivity contribution in [2.75, 3.05) is 0 Å². The van der Waals surface area contributed by atoms with Crippen LogP contribution in [0, 0.1) is 0 Å². The highest BCUT2D eigenvalue weighted by Gasteiger charge is 2.11. The normalized spacial score (nSPS) is 11.2. The molecule has 2 aromatic rings. The molecule has 0 amide bonds. The third-order valence-electron chi connectivity index (χ3n) is 2.62. The monoisotopic (exact) mass is 283 g/mol. The fourth-order valence-corrected chi connectivity index (χ4v) is 2.19. The van der Waals surface area contributed by atoms with Gasteiger partial charge in [0.2, 0.25) is 0 Å². The second-order valence-corrected chi connectivity index (χ2v) is 5.27. The van der Waals surface area contributed by atoms with Crippen molar-refractivity contribution in [3.63, 3.8) is 0 Å². The van der Waals surface area contributed by atoms with Gasteiger partial charge in [-0.2, -0.15) is 5.10 Å². The molecule has 0 bridgehead atoms. The third kappa shape index (κ3) is 3.05. The Labute approximate surface area is 117 Å². The quantitative estimate of drug-likeness (QED) is 0.894. The van der Waals surface area contributed by atoms with Crippen LogP contribution in [-0.2, 0) is 6.54 Å². The van der Waals surface area contributed by atoms with Gasteiger partial charge in [0, 0.05) is 28.7 Å². The molecule has 0 aliphatic heterocycles. The largest absolute Gasteiger partial charge is 0.310 e. The first-order chi connectivity index (χ1) is 8.58. The highest BCUT2D eigenvalue weighted by molar-refractivity contribution is 6.36. The number of nitrogens with one attached hydrogen (secondary N) is 2. The first kappa shape index (κ1) is 13.4. The number of hydrogen-bond donors (Lipinski definition) is 2. The Hall–Kier alpha value is -1.03. The van der Waals surface area contributed by atoms with Crippen molar-refractivity contribution < 1.29 is 0 Å². The molecule has 18 heavy (non-hydrogen) atoms. The molecule has 0 atom stereocenters. The summed E-state index contributed by atoms with van der Waals surface area (Å²) in [5.74, 6) is 0. The van der Waals surface area contributed by atoms with Crippen LogP contribution in [0.5, 0.6) is 0 Å². The van der Waals surface area contributed by atoms with Crippen LogP contribution in [0.2, 0.25) is 10.0 Å². The lowest BCUT2D eigenvalue weighted by molar-refractivity contribution is 0.589. The van der Waals surface area contributed by atoms with Crippen LogP contribution in [-0.4, -0.2) is 16.2 Å². The fraction of sp³-hybridized carbons (Fsp3) is 0.308. The summed E-state index contributed by atoms with van der Waals surface area (Å²) in [6, 6.07) is 5.88. The summed E-state index contributed by atoms with van der Waals surface area (Å²) in [5, 5.41) is 11.7. The standard InChI is InChI=1S/C13H15Cl2N3/c1-8(2)16-6-9-7-17-18-13(9)11-4-3-10(14)5-12(11)15/h3-5,7-8,16H,6H2,1-2H3,(H,17,18). The fourth-order valence-electron chi connectivity index (χ4n) is 1.68. The molecule has 2 rings (SSSR count). The van der Waals surface area contributed by atoms with Gasteiger partial charge in [-0.3, -0.25) is 5.10 Å². The minimum absolute atomic E-state index is 0.424. The van der Waals surface area contributed by atoms with Gasteiger partial charge < -0.3 is 5.32 Å². The average Bonchev–Trinajstić information content (AvgIpc) is 2.74. The smallest absolute Gasteiger partial charge is 0.0710 e. The number of halogens is 2. The predicted molar refractivity (Wildman–Crippen MR) is 76.0 cm³/mol. The van der Waals surface area contributed by atoms with Crippen LogP contribution in [0.3, 0.4) is 0 Å². The highest BCUT2D eigenvalue weighted by Crippen LogP contribution is 2.30. The summed E-state index contributed by atoms with van der Waals surface area (Å²) in [5.41, 5.74) is 2.94. The summed E-state index contributed by atoms with van der Waals surface area (Å²) < 4.78 is 0. The molecule has 0 unspecified atom stereocenters. The Balaban J connectivity index is 2.30. The van der Waals surface area contributed by atoms with E-state index < -0.39 is 0 Å². The SMILES string of the molecule is CC(C)NCc1cn[nH]c1-c1ccc(Cl)cc1Cl. The number of nitrogens with zero attached hydrogens (tertiary/aromatic N) is 1. The second-order valence-electron chi connectivity index (χ2n) is 4.43. The van der Waals surface area contributed by atoms with Gasteiger partial charge in [0.15, 0.2) is 0 Å². The summed E-state index contributed by atoms with van der Waals surface area (Å²) in [6.45, 7) is 4.96. The average molecular weight is 284 g/mol. The molecule has 5 heteroatoms. The van der Waals surface area contributed by atoms with Crippen molar-refractivity contribution in [3.05, 3.63) is 40.0 Å². The molecule has 0 spiro atoms. The van der Waals surface area contributed by atoms with Gasteiger partial charge in [0.25, 0.3) is 0 Å². The summed E-state index contributed by atoms with van der Waals surface area (Å²) in [7, 11) is 0. The summed E-state index contributed by atoms with van der Waals surface area (Å²) in [4.78, 5) is 0. The van der Waals surface area contributed by atoms with E-state index in [0.717, 1.165) is 23.4 Å². The Kier molecular flexibility index (Phi) is 4.27. The second kappa shape index (κ2) is 5.74. The Morgan fingerprint density at radius 3 is 2.78 bits per heavy atom.